The lowest BCUT2D eigenvalue weighted by Gasteiger charge is -2.29. The van der Waals surface area contributed by atoms with Crippen LogP contribution >= 0.6 is 0 Å². The van der Waals surface area contributed by atoms with E-state index in [4.69, 9.17) is 11.5 Å². The lowest BCUT2D eigenvalue weighted by atomic mass is 10.1. The fraction of sp³-hybridized carbons (Fsp3) is 0.286. The number of rotatable bonds is 4. The zero-order valence-corrected chi connectivity index (χ0v) is 11.1. The molecule has 1 heterocycles. The second kappa shape index (κ2) is 5.14. The third-order valence-electron chi connectivity index (χ3n) is 3.01. The Hall–Kier alpha value is -2.30. The monoisotopic (exact) mass is 258 g/mol. The Balaban J connectivity index is 2.64. The number of nitrogens with zero attached hydrogens (tertiary/aromatic N) is 2. The van der Waals surface area contributed by atoms with Crippen LogP contribution in [0, 0.1) is 0 Å². The number of nitrogen functional groups attached to an aromatic ring is 1. The van der Waals surface area contributed by atoms with Gasteiger partial charge in [-0.05, 0) is 19.9 Å². The van der Waals surface area contributed by atoms with E-state index in [-0.39, 0.29) is 18.5 Å². The molecule has 0 unspecified atom stereocenters. The van der Waals surface area contributed by atoms with Gasteiger partial charge >= 0.3 is 0 Å². The van der Waals surface area contributed by atoms with Crippen molar-refractivity contribution in [3.63, 3.8) is 0 Å². The van der Waals surface area contributed by atoms with Crippen molar-refractivity contribution < 1.29 is 4.79 Å². The number of aromatic nitrogens is 1. The molecule has 2 aromatic rings. The summed E-state index contributed by atoms with van der Waals surface area (Å²) < 4.78 is 0. The standard InChI is InChI=1S/C14H18N4O/c1-9(2)18(8-13(16)19)14-10-5-3-4-6-12(10)17-7-11(14)15/h3-7,9H,8,15H2,1-2H3,(H2,16,19). The molecule has 0 fully saturated rings. The molecule has 1 aromatic heterocycles. The van der Waals surface area contributed by atoms with E-state index >= 15 is 0 Å². The molecule has 0 spiro atoms. The summed E-state index contributed by atoms with van der Waals surface area (Å²) in [7, 11) is 0. The molecule has 1 amide bonds. The summed E-state index contributed by atoms with van der Waals surface area (Å²) in [6.45, 7) is 4.13. The van der Waals surface area contributed by atoms with Crippen LogP contribution in [0.25, 0.3) is 10.9 Å². The van der Waals surface area contributed by atoms with Gasteiger partial charge in [-0.3, -0.25) is 9.78 Å². The topological polar surface area (TPSA) is 85.2 Å². The Kier molecular flexibility index (Phi) is 3.55. The van der Waals surface area contributed by atoms with Crippen LogP contribution in [0.5, 0.6) is 0 Å². The quantitative estimate of drug-likeness (QED) is 0.870. The van der Waals surface area contributed by atoms with Gasteiger partial charge in [0.15, 0.2) is 0 Å². The van der Waals surface area contributed by atoms with Crippen LogP contribution in [0.15, 0.2) is 30.5 Å². The molecule has 4 N–H and O–H groups in total. The van der Waals surface area contributed by atoms with E-state index in [2.05, 4.69) is 4.98 Å². The van der Waals surface area contributed by atoms with Crippen LogP contribution in [0.4, 0.5) is 11.4 Å². The molecule has 5 heteroatoms. The van der Waals surface area contributed by atoms with Gasteiger partial charge in [0.05, 0.1) is 29.6 Å². The molecule has 0 aliphatic rings. The first kappa shape index (κ1) is 13.1. The highest BCUT2D eigenvalue weighted by Gasteiger charge is 2.18. The van der Waals surface area contributed by atoms with Crippen molar-refractivity contribution in [1.29, 1.82) is 0 Å². The maximum absolute atomic E-state index is 11.3. The highest BCUT2D eigenvalue weighted by molar-refractivity contribution is 5.99. The molecule has 0 radical (unpaired) electrons. The molecule has 100 valence electrons. The number of primary amides is 1. The molecule has 19 heavy (non-hydrogen) atoms. The first-order chi connectivity index (χ1) is 9.00. The van der Waals surface area contributed by atoms with Gasteiger partial charge in [-0.1, -0.05) is 18.2 Å². The van der Waals surface area contributed by atoms with E-state index in [9.17, 15) is 4.79 Å². The smallest absolute Gasteiger partial charge is 0.236 e. The van der Waals surface area contributed by atoms with Crippen molar-refractivity contribution in [2.24, 2.45) is 5.73 Å². The van der Waals surface area contributed by atoms with Crippen molar-refractivity contribution in [2.75, 3.05) is 17.2 Å². The number of amides is 1. The van der Waals surface area contributed by atoms with Crippen LogP contribution in [0.3, 0.4) is 0 Å². The van der Waals surface area contributed by atoms with Crippen molar-refractivity contribution >= 4 is 28.2 Å². The SMILES string of the molecule is CC(C)N(CC(N)=O)c1c(N)cnc2ccccc12. The summed E-state index contributed by atoms with van der Waals surface area (Å²) in [6.07, 6.45) is 1.62. The number of hydrogen-bond acceptors (Lipinski definition) is 4. The summed E-state index contributed by atoms with van der Waals surface area (Å²) >= 11 is 0. The number of benzene rings is 1. The number of fused-ring (bicyclic) bond motifs is 1. The molecular weight excluding hydrogens is 240 g/mol. The lowest BCUT2D eigenvalue weighted by Crippen LogP contribution is -2.39. The number of carbonyl (C=O) groups is 1. The first-order valence-corrected chi connectivity index (χ1v) is 6.19. The average Bonchev–Trinajstić information content (AvgIpc) is 2.36. The third kappa shape index (κ3) is 2.59. The lowest BCUT2D eigenvalue weighted by molar-refractivity contribution is -0.116. The predicted octanol–water partition coefficient (Wildman–Crippen LogP) is 1.52. The molecule has 0 aliphatic heterocycles. The largest absolute Gasteiger partial charge is 0.396 e. The Bertz CT molecular complexity index is 609. The summed E-state index contributed by atoms with van der Waals surface area (Å²) in [5.74, 6) is -0.381. The average molecular weight is 258 g/mol. The maximum atomic E-state index is 11.3. The molecule has 0 saturated carbocycles. The molecule has 0 aliphatic carbocycles. The molecule has 0 atom stereocenters. The number of carbonyl (C=O) groups excluding carboxylic acids is 1. The van der Waals surface area contributed by atoms with Crippen LogP contribution in [0.2, 0.25) is 0 Å². The summed E-state index contributed by atoms with van der Waals surface area (Å²) in [5.41, 5.74) is 13.6. The van der Waals surface area contributed by atoms with Crippen LogP contribution in [0.1, 0.15) is 13.8 Å². The Labute approximate surface area is 112 Å². The Morgan fingerprint density at radius 3 is 2.68 bits per heavy atom. The van der Waals surface area contributed by atoms with Crippen LogP contribution < -0.4 is 16.4 Å². The van der Waals surface area contributed by atoms with Crippen LogP contribution in [-0.2, 0) is 4.79 Å². The second-order valence-corrected chi connectivity index (χ2v) is 4.77. The van der Waals surface area contributed by atoms with Crippen molar-refractivity contribution in [3.8, 4) is 0 Å². The highest BCUT2D eigenvalue weighted by atomic mass is 16.1. The zero-order chi connectivity index (χ0) is 14.0. The molecule has 5 nitrogen and oxygen atoms in total. The maximum Gasteiger partial charge on any atom is 0.236 e. The van der Waals surface area contributed by atoms with Gasteiger partial charge in [-0.2, -0.15) is 0 Å². The molecule has 0 saturated heterocycles. The summed E-state index contributed by atoms with van der Waals surface area (Å²) in [4.78, 5) is 17.5. The Morgan fingerprint density at radius 2 is 2.05 bits per heavy atom. The van der Waals surface area contributed by atoms with Gasteiger partial charge in [0.25, 0.3) is 0 Å². The first-order valence-electron chi connectivity index (χ1n) is 6.19. The molecule has 2 rings (SSSR count). The van der Waals surface area contributed by atoms with E-state index in [1.807, 2.05) is 43.0 Å². The van der Waals surface area contributed by atoms with E-state index in [0.717, 1.165) is 16.6 Å². The minimum atomic E-state index is -0.381. The highest BCUT2D eigenvalue weighted by Crippen LogP contribution is 2.32. The number of nitrogens with two attached hydrogens (primary N) is 2. The summed E-state index contributed by atoms with van der Waals surface area (Å²) in [5, 5.41) is 0.928. The van der Waals surface area contributed by atoms with Gasteiger partial charge < -0.3 is 16.4 Å². The zero-order valence-electron chi connectivity index (χ0n) is 11.1. The second-order valence-electron chi connectivity index (χ2n) is 4.77. The molecular formula is C14H18N4O. The normalized spacial score (nSPS) is 10.9. The number of pyridine rings is 1. The number of anilines is 2. The third-order valence-corrected chi connectivity index (χ3v) is 3.01. The van der Waals surface area contributed by atoms with Crippen molar-refractivity contribution in [2.45, 2.75) is 19.9 Å². The van der Waals surface area contributed by atoms with Gasteiger partial charge in [0.1, 0.15) is 0 Å². The van der Waals surface area contributed by atoms with Gasteiger partial charge in [0.2, 0.25) is 5.91 Å². The van der Waals surface area contributed by atoms with E-state index in [1.54, 1.807) is 6.20 Å². The number of para-hydroxylation sites is 1. The number of hydrogen-bond donors (Lipinski definition) is 2. The molecule has 0 bridgehead atoms. The van der Waals surface area contributed by atoms with Gasteiger partial charge in [-0.15, -0.1) is 0 Å². The van der Waals surface area contributed by atoms with Gasteiger partial charge in [0, 0.05) is 11.4 Å². The van der Waals surface area contributed by atoms with E-state index in [0.29, 0.717) is 5.69 Å². The Morgan fingerprint density at radius 1 is 1.37 bits per heavy atom. The summed E-state index contributed by atoms with van der Waals surface area (Å²) in [6, 6.07) is 7.82. The predicted molar refractivity (Wildman–Crippen MR) is 77.8 cm³/mol. The van der Waals surface area contributed by atoms with E-state index < -0.39 is 0 Å². The minimum Gasteiger partial charge on any atom is -0.396 e. The fourth-order valence-corrected chi connectivity index (χ4v) is 2.15. The molecule has 1 aromatic carbocycles. The van der Waals surface area contributed by atoms with Crippen molar-refractivity contribution in [3.05, 3.63) is 30.5 Å². The van der Waals surface area contributed by atoms with Gasteiger partial charge in [-0.25, -0.2) is 0 Å². The van der Waals surface area contributed by atoms with E-state index in [1.165, 1.54) is 0 Å². The van der Waals surface area contributed by atoms with Crippen LogP contribution in [-0.4, -0.2) is 23.5 Å². The van der Waals surface area contributed by atoms with Crippen molar-refractivity contribution in [1.82, 2.24) is 4.98 Å². The minimum absolute atomic E-state index is 0.112. The fourth-order valence-electron chi connectivity index (χ4n) is 2.15.